The van der Waals surface area contributed by atoms with Crippen molar-refractivity contribution in [3.8, 4) is 0 Å². The maximum Gasteiger partial charge on any atom is 0.266 e. The number of anilines is 3. The molecular formula is C26H25N3O3. The molecule has 0 saturated carbocycles. The first kappa shape index (κ1) is 21.3. The number of nitrogens with zero attached hydrogens (tertiary/aromatic N) is 2. The van der Waals surface area contributed by atoms with E-state index in [4.69, 9.17) is 0 Å². The van der Waals surface area contributed by atoms with Crippen LogP contribution in [0.4, 0.5) is 17.1 Å². The van der Waals surface area contributed by atoms with Crippen LogP contribution in [0.1, 0.15) is 47.8 Å². The van der Waals surface area contributed by atoms with E-state index in [1.165, 1.54) is 11.0 Å². The van der Waals surface area contributed by atoms with Crippen molar-refractivity contribution >= 4 is 34.8 Å². The molecule has 3 amide bonds. The van der Waals surface area contributed by atoms with Crippen LogP contribution in [0.2, 0.25) is 0 Å². The minimum atomic E-state index is -0.417. The molecule has 0 aromatic heterocycles. The molecule has 1 heterocycles. The summed E-state index contributed by atoms with van der Waals surface area (Å²) < 4.78 is 0. The molecular weight excluding hydrogens is 402 g/mol. The molecule has 1 N–H and O–H groups in total. The molecule has 1 aliphatic heterocycles. The lowest BCUT2D eigenvalue weighted by Crippen LogP contribution is -2.30. The zero-order valence-corrected chi connectivity index (χ0v) is 18.8. The number of carbonyl (C=O) groups excluding carboxylic acids is 3. The topological polar surface area (TPSA) is 69.7 Å². The van der Waals surface area contributed by atoms with Gasteiger partial charge in [-0.25, -0.2) is 4.90 Å². The van der Waals surface area contributed by atoms with Gasteiger partial charge in [0, 0.05) is 31.0 Å². The van der Waals surface area contributed by atoms with Gasteiger partial charge in [-0.1, -0.05) is 12.1 Å². The Morgan fingerprint density at radius 3 is 2.22 bits per heavy atom. The van der Waals surface area contributed by atoms with E-state index in [1.807, 2.05) is 76.2 Å². The highest BCUT2D eigenvalue weighted by molar-refractivity contribution is 6.35. The van der Waals surface area contributed by atoms with Crippen molar-refractivity contribution in [2.24, 2.45) is 0 Å². The lowest BCUT2D eigenvalue weighted by atomic mass is 10.0. The van der Waals surface area contributed by atoms with Crippen LogP contribution >= 0.6 is 0 Å². The highest BCUT2D eigenvalue weighted by Gasteiger charge is 2.37. The Morgan fingerprint density at radius 1 is 0.812 bits per heavy atom. The van der Waals surface area contributed by atoms with E-state index >= 15 is 0 Å². The summed E-state index contributed by atoms with van der Waals surface area (Å²) in [5.74, 6) is -1.13. The number of nitrogens with one attached hydrogen (secondary N) is 1. The average molecular weight is 428 g/mol. The second-order valence-corrected chi connectivity index (χ2v) is 8.34. The van der Waals surface area contributed by atoms with Gasteiger partial charge in [-0.05, 0) is 79.9 Å². The molecule has 0 fully saturated rings. The molecule has 0 bridgehead atoms. The molecule has 0 atom stereocenters. The second kappa shape index (κ2) is 7.96. The summed E-state index contributed by atoms with van der Waals surface area (Å²) >= 11 is 0. The van der Waals surface area contributed by atoms with Gasteiger partial charge in [0.2, 0.25) is 0 Å². The summed E-state index contributed by atoms with van der Waals surface area (Å²) in [6.07, 6.45) is 0. The normalized spacial score (nSPS) is 12.7. The summed E-state index contributed by atoms with van der Waals surface area (Å²) in [5.41, 5.74) is 5.88. The molecule has 0 saturated heterocycles. The van der Waals surface area contributed by atoms with Gasteiger partial charge in [0.25, 0.3) is 17.7 Å². The van der Waals surface area contributed by atoms with Crippen LogP contribution in [-0.2, 0) is 0 Å². The Bertz CT molecular complexity index is 1280. The molecule has 0 radical (unpaired) electrons. The molecule has 162 valence electrons. The van der Waals surface area contributed by atoms with Crippen LogP contribution < -0.4 is 15.1 Å². The number of hydrogen-bond donors (Lipinski definition) is 1. The molecule has 3 aromatic rings. The predicted octanol–water partition coefficient (Wildman–Crippen LogP) is 4.73. The number of benzene rings is 3. The molecule has 0 spiro atoms. The third kappa shape index (κ3) is 3.64. The van der Waals surface area contributed by atoms with Gasteiger partial charge in [0.05, 0.1) is 16.8 Å². The number of fused-ring (bicyclic) bond motifs is 1. The first-order valence-corrected chi connectivity index (χ1v) is 10.4. The monoisotopic (exact) mass is 427 g/mol. The van der Waals surface area contributed by atoms with Gasteiger partial charge in [-0.3, -0.25) is 14.4 Å². The minimum Gasteiger partial charge on any atom is -0.378 e. The molecule has 6 nitrogen and oxygen atoms in total. The van der Waals surface area contributed by atoms with Gasteiger partial charge >= 0.3 is 0 Å². The maximum absolute atomic E-state index is 13.1. The number of imide groups is 1. The molecule has 1 aliphatic rings. The molecule has 6 heteroatoms. The summed E-state index contributed by atoms with van der Waals surface area (Å²) in [6.45, 7) is 5.70. The summed E-state index contributed by atoms with van der Waals surface area (Å²) in [4.78, 5) is 42.2. The standard InChI is InChI=1S/C26H25N3O3/c1-15-6-7-16(2)23(12-15)29-25(31)20-10-8-18(14-21(20)26(29)32)24(30)27-22-11-9-19(28(4)5)13-17(22)3/h6-14H,1-5H3,(H,27,30). The van der Waals surface area contributed by atoms with Crippen LogP contribution in [0.3, 0.4) is 0 Å². The number of amides is 3. The van der Waals surface area contributed by atoms with Crippen molar-refractivity contribution in [1.29, 1.82) is 0 Å². The number of rotatable bonds is 4. The van der Waals surface area contributed by atoms with Gasteiger partial charge in [-0.2, -0.15) is 0 Å². The lowest BCUT2D eigenvalue weighted by molar-refractivity contribution is 0.0925. The fourth-order valence-corrected chi connectivity index (χ4v) is 3.82. The van der Waals surface area contributed by atoms with Crippen LogP contribution in [0.25, 0.3) is 0 Å². The van der Waals surface area contributed by atoms with Crippen molar-refractivity contribution in [3.05, 3.63) is 88.0 Å². The fourth-order valence-electron chi connectivity index (χ4n) is 3.82. The van der Waals surface area contributed by atoms with Crippen LogP contribution in [0, 0.1) is 20.8 Å². The average Bonchev–Trinajstić information content (AvgIpc) is 3.00. The van der Waals surface area contributed by atoms with Gasteiger partial charge in [0.15, 0.2) is 0 Å². The maximum atomic E-state index is 13.1. The Labute approximate surface area is 187 Å². The number of hydrogen-bond acceptors (Lipinski definition) is 4. The third-order valence-electron chi connectivity index (χ3n) is 5.73. The van der Waals surface area contributed by atoms with E-state index in [0.717, 1.165) is 22.4 Å². The molecule has 0 unspecified atom stereocenters. The third-order valence-corrected chi connectivity index (χ3v) is 5.73. The quantitative estimate of drug-likeness (QED) is 0.611. The smallest absolute Gasteiger partial charge is 0.266 e. The molecule has 0 aliphatic carbocycles. The van der Waals surface area contributed by atoms with Crippen molar-refractivity contribution in [2.75, 3.05) is 29.2 Å². The number of aryl methyl sites for hydroxylation is 3. The fraction of sp³-hybridized carbons (Fsp3) is 0.192. The first-order chi connectivity index (χ1) is 15.2. The van der Waals surface area contributed by atoms with Crippen LogP contribution in [0.15, 0.2) is 54.6 Å². The second-order valence-electron chi connectivity index (χ2n) is 8.34. The number of carbonyl (C=O) groups is 3. The predicted molar refractivity (Wildman–Crippen MR) is 127 cm³/mol. The zero-order chi connectivity index (χ0) is 23.2. The largest absolute Gasteiger partial charge is 0.378 e. The van der Waals surface area contributed by atoms with Crippen molar-refractivity contribution in [1.82, 2.24) is 0 Å². The van der Waals surface area contributed by atoms with Crippen molar-refractivity contribution < 1.29 is 14.4 Å². The minimum absolute atomic E-state index is 0.239. The van der Waals surface area contributed by atoms with E-state index in [0.29, 0.717) is 22.5 Å². The lowest BCUT2D eigenvalue weighted by Gasteiger charge is -2.17. The van der Waals surface area contributed by atoms with Crippen molar-refractivity contribution in [2.45, 2.75) is 20.8 Å². The Balaban J connectivity index is 1.63. The van der Waals surface area contributed by atoms with E-state index in [2.05, 4.69) is 5.32 Å². The Kier molecular flexibility index (Phi) is 5.30. The van der Waals surface area contributed by atoms with Gasteiger partial charge in [-0.15, -0.1) is 0 Å². The summed E-state index contributed by atoms with van der Waals surface area (Å²) in [7, 11) is 3.91. The Hall–Kier alpha value is -3.93. The van der Waals surface area contributed by atoms with Crippen LogP contribution in [0.5, 0.6) is 0 Å². The van der Waals surface area contributed by atoms with Gasteiger partial charge in [0.1, 0.15) is 0 Å². The molecule has 4 rings (SSSR count). The molecule has 32 heavy (non-hydrogen) atoms. The summed E-state index contributed by atoms with van der Waals surface area (Å²) in [5, 5.41) is 2.90. The highest BCUT2D eigenvalue weighted by Crippen LogP contribution is 2.32. The van der Waals surface area contributed by atoms with E-state index in [-0.39, 0.29) is 17.4 Å². The Morgan fingerprint density at radius 2 is 1.53 bits per heavy atom. The van der Waals surface area contributed by atoms with Gasteiger partial charge < -0.3 is 10.2 Å². The highest BCUT2D eigenvalue weighted by atomic mass is 16.2. The molecule has 3 aromatic carbocycles. The zero-order valence-electron chi connectivity index (χ0n) is 18.8. The van der Waals surface area contributed by atoms with Crippen LogP contribution in [-0.4, -0.2) is 31.8 Å². The SMILES string of the molecule is Cc1ccc(C)c(N2C(=O)c3ccc(C(=O)Nc4ccc(N(C)C)cc4C)cc3C2=O)c1. The summed E-state index contributed by atoms with van der Waals surface area (Å²) in [6, 6.07) is 16.0. The van der Waals surface area contributed by atoms with E-state index in [1.54, 1.807) is 12.1 Å². The van der Waals surface area contributed by atoms with Crippen molar-refractivity contribution in [3.63, 3.8) is 0 Å². The van der Waals surface area contributed by atoms with E-state index in [9.17, 15) is 14.4 Å². The van der Waals surface area contributed by atoms with E-state index < -0.39 is 5.91 Å². The first-order valence-electron chi connectivity index (χ1n) is 10.4.